The Morgan fingerprint density at radius 3 is 2.64 bits per heavy atom. The Morgan fingerprint density at radius 2 is 2.07 bits per heavy atom. The molecule has 0 aromatic heterocycles. The molecule has 0 radical (unpaired) electrons. The highest BCUT2D eigenvalue weighted by Gasteiger charge is 2.23. The normalized spacial score (nSPS) is 22.9. The van der Waals surface area contributed by atoms with Gasteiger partial charge >= 0.3 is 5.97 Å². The second-order valence-corrected chi connectivity index (χ2v) is 3.70. The van der Waals surface area contributed by atoms with Gasteiger partial charge < -0.3 is 10.0 Å². The average Bonchev–Trinajstić information content (AvgIpc) is 2.41. The third-order valence-corrected chi connectivity index (χ3v) is 2.73. The number of carboxylic acid groups (broad SMARTS) is 1. The lowest BCUT2D eigenvalue weighted by molar-refractivity contribution is -0.142. The van der Waals surface area contributed by atoms with E-state index in [0.29, 0.717) is 25.8 Å². The zero-order valence-corrected chi connectivity index (χ0v) is 8.53. The fraction of sp³-hybridized carbons (Fsp3) is 0.800. The van der Waals surface area contributed by atoms with Crippen molar-refractivity contribution >= 4 is 11.9 Å². The summed E-state index contributed by atoms with van der Waals surface area (Å²) in [5.74, 6) is -0.850. The molecule has 0 aromatic rings. The summed E-state index contributed by atoms with van der Waals surface area (Å²) in [7, 11) is 0. The van der Waals surface area contributed by atoms with Crippen LogP contribution in [0.2, 0.25) is 0 Å². The molecule has 1 amide bonds. The van der Waals surface area contributed by atoms with Gasteiger partial charge in [0.25, 0.3) is 0 Å². The van der Waals surface area contributed by atoms with Crippen molar-refractivity contribution in [1.82, 2.24) is 4.90 Å². The Labute approximate surface area is 83.9 Å². The number of aliphatic carboxylic acids is 1. The first-order valence-electron chi connectivity index (χ1n) is 5.15. The molecule has 4 heteroatoms. The van der Waals surface area contributed by atoms with Gasteiger partial charge in [-0.15, -0.1) is 0 Å². The minimum atomic E-state index is -0.726. The first-order valence-corrected chi connectivity index (χ1v) is 5.15. The van der Waals surface area contributed by atoms with E-state index in [9.17, 15) is 9.59 Å². The van der Waals surface area contributed by atoms with Crippen LogP contribution in [0.1, 0.15) is 32.6 Å². The Kier molecular flexibility index (Phi) is 3.92. The molecule has 1 aliphatic rings. The van der Waals surface area contributed by atoms with Gasteiger partial charge in [-0.05, 0) is 19.3 Å². The van der Waals surface area contributed by atoms with Crippen LogP contribution < -0.4 is 0 Å². The largest absolute Gasteiger partial charge is 0.481 e. The quantitative estimate of drug-likeness (QED) is 0.724. The van der Waals surface area contributed by atoms with E-state index >= 15 is 0 Å². The predicted octanol–water partition coefficient (Wildman–Crippen LogP) is 1.11. The van der Waals surface area contributed by atoms with Crippen molar-refractivity contribution in [2.75, 3.05) is 13.1 Å². The van der Waals surface area contributed by atoms with Crippen molar-refractivity contribution in [3.05, 3.63) is 0 Å². The molecule has 0 saturated carbocycles. The van der Waals surface area contributed by atoms with Gasteiger partial charge in [0.2, 0.25) is 5.91 Å². The fourth-order valence-electron chi connectivity index (χ4n) is 1.82. The van der Waals surface area contributed by atoms with Crippen LogP contribution in [0.4, 0.5) is 0 Å². The summed E-state index contributed by atoms with van der Waals surface area (Å²) in [5, 5.41) is 8.84. The second-order valence-electron chi connectivity index (χ2n) is 3.70. The molecule has 1 rings (SSSR count). The van der Waals surface area contributed by atoms with Gasteiger partial charge in [0, 0.05) is 19.5 Å². The van der Waals surface area contributed by atoms with E-state index in [1.54, 1.807) is 4.90 Å². The van der Waals surface area contributed by atoms with Crippen LogP contribution in [-0.2, 0) is 9.59 Å². The van der Waals surface area contributed by atoms with E-state index < -0.39 is 5.97 Å². The van der Waals surface area contributed by atoms with E-state index in [2.05, 4.69) is 0 Å². The van der Waals surface area contributed by atoms with E-state index in [1.165, 1.54) is 0 Å². The number of carboxylic acids is 1. The van der Waals surface area contributed by atoms with Crippen molar-refractivity contribution in [2.24, 2.45) is 5.92 Å². The second kappa shape index (κ2) is 4.98. The number of likely N-dealkylation sites (tertiary alicyclic amines) is 1. The van der Waals surface area contributed by atoms with Crippen LogP contribution in [0.15, 0.2) is 0 Å². The Balaban J connectivity index is 2.48. The monoisotopic (exact) mass is 199 g/mol. The first-order chi connectivity index (χ1) is 6.65. The summed E-state index contributed by atoms with van der Waals surface area (Å²) in [6.45, 7) is 3.15. The van der Waals surface area contributed by atoms with Crippen LogP contribution in [0.25, 0.3) is 0 Å². The molecule has 1 fully saturated rings. The third-order valence-electron chi connectivity index (χ3n) is 2.73. The van der Waals surface area contributed by atoms with E-state index in [-0.39, 0.29) is 11.8 Å². The van der Waals surface area contributed by atoms with E-state index in [1.807, 2.05) is 6.92 Å². The molecule has 1 heterocycles. The molecule has 1 saturated heterocycles. The summed E-state index contributed by atoms with van der Waals surface area (Å²) in [5.41, 5.74) is 0. The van der Waals surface area contributed by atoms with Gasteiger partial charge in [-0.25, -0.2) is 0 Å². The summed E-state index contributed by atoms with van der Waals surface area (Å²) in [6.07, 6.45) is 2.62. The molecule has 4 nitrogen and oxygen atoms in total. The molecule has 1 atom stereocenters. The molecule has 80 valence electrons. The molecule has 0 aromatic carbocycles. The molecule has 1 N–H and O–H groups in total. The first kappa shape index (κ1) is 11.0. The lowest BCUT2D eigenvalue weighted by Crippen LogP contribution is -2.31. The van der Waals surface area contributed by atoms with Gasteiger partial charge in [0.15, 0.2) is 0 Å². The number of nitrogens with zero attached hydrogens (tertiary/aromatic N) is 1. The Bertz CT molecular complexity index is 227. The van der Waals surface area contributed by atoms with Crippen LogP contribution in [-0.4, -0.2) is 35.0 Å². The maximum absolute atomic E-state index is 11.4. The van der Waals surface area contributed by atoms with Gasteiger partial charge in [0.05, 0.1) is 5.92 Å². The van der Waals surface area contributed by atoms with Crippen molar-refractivity contribution in [1.29, 1.82) is 0 Å². The summed E-state index contributed by atoms with van der Waals surface area (Å²) >= 11 is 0. The molecule has 1 unspecified atom stereocenters. The number of amides is 1. The Morgan fingerprint density at radius 1 is 1.36 bits per heavy atom. The highest BCUT2D eigenvalue weighted by atomic mass is 16.4. The lowest BCUT2D eigenvalue weighted by Gasteiger charge is -2.19. The number of carbonyl (C=O) groups is 2. The van der Waals surface area contributed by atoms with Gasteiger partial charge in [-0.2, -0.15) is 0 Å². The smallest absolute Gasteiger partial charge is 0.306 e. The zero-order chi connectivity index (χ0) is 10.6. The zero-order valence-electron chi connectivity index (χ0n) is 8.53. The topological polar surface area (TPSA) is 57.6 Å². The molecular formula is C10H17NO3. The van der Waals surface area contributed by atoms with Gasteiger partial charge in [-0.1, -0.05) is 6.92 Å². The van der Waals surface area contributed by atoms with Crippen molar-refractivity contribution in [2.45, 2.75) is 32.6 Å². The summed E-state index contributed by atoms with van der Waals surface area (Å²) in [6, 6.07) is 0. The lowest BCUT2D eigenvalue weighted by atomic mass is 10.0. The van der Waals surface area contributed by atoms with Gasteiger partial charge in [0.1, 0.15) is 0 Å². The minimum Gasteiger partial charge on any atom is -0.481 e. The van der Waals surface area contributed by atoms with Crippen LogP contribution in [0, 0.1) is 5.92 Å². The average molecular weight is 199 g/mol. The number of hydrogen-bond acceptors (Lipinski definition) is 2. The predicted molar refractivity (Wildman–Crippen MR) is 51.8 cm³/mol. The highest BCUT2D eigenvalue weighted by molar-refractivity contribution is 5.76. The maximum Gasteiger partial charge on any atom is 0.306 e. The van der Waals surface area contributed by atoms with Gasteiger partial charge in [-0.3, -0.25) is 9.59 Å². The summed E-state index contributed by atoms with van der Waals surface area (Å²) < 4.78 is 0. The van der Waals surface area contributed by atoms with Crippen LogP contribution in [0.3, 0.4) is 0 Å². The Hall–Kier alpha value is -1.06. The van der Waals surface area contributed by atoms with E-state index in [4.69, 9.17) is 5.11 Å². The van der Waals surface area contributed by atoms with Crippen LogP contribution in [0.5, 0.6) is 0 Å². The number of rotatable bonds is 2. The SMILES string of the molecule is CCC(=O)N1CCCC(C(=O)O)CC1. The highest BCUT2D eigenvalue weighted by Crippen LogP contribution is 2.17. The molecule has 0 bridgehead atoms. The third kappa shape index (κ3) is 2.72. The van der Waals surface area contributed by atoms with Crippen LogP contribution >= 0.6 is 0 Å². The maximum atomic E-state index is 11.4. The fourth-order valence-corrected chi connectivity index (χ4v) is 1.82. The minimum absolute atomic E-state index is 0.135. The van der Waals surface area contributed by atoms with Crippen molar-refractivity contribution in [3.8, 4) is 0 Å². The number of hydrogen-bond donors (Lipinski definition) is 1. The number of carbonyl (C=O) groups excluding carboxylic acids is 1. The van der Waals surface area contributed by atoms with E-state index in [0.717, 1.165) is 13.0 Å². The molecule has 0 spiro atoms. The summed E-state index contributed by atoms with van der Waals surface area (Å²) in [4.78, 5) is 23.9. The van der Waals surface area contributed by atoms with Crippen molar-refractivity contribution in [3.63, 3.8) is 0 Å². The molecular weight excluding hydrogens is 182 g/mol. The molecule has 14 heavy (non-hydrogen) atoms. The molecule has 1 aliphatic heterocycles. The standard InChI is InChI=1S/C10H17NO3/c1-2-9(12)11-6-3-4-8(5-7-11)10(13)14/h8H,2-7H2,1H3,(H,13,14). The van der Waals surface area contributed by atoms with Crippen molar-refractivity contribution < 1.29 is 14.7 Å². The molecule has 0 aliphatic carbocycles.